The lowest BCUT2D eigenvalue weighted by Crippen LogP contribution is -2.50. The molecule has 1 saturated carbocycles. The van der Waals surface area contributed by atoms with Crippen LogP contribution in [-0.4, -0.2) is 54.0 Å². The monoisotopic (exact) mass is 255 g/mol. The van der Waals surface area contributed by atoms with Crippen LogP contribution in [0.25, 0.3) is 0 Å². The first kappa shape index (κ1) is 15.4. The molecule has 1 fully saturated rings. The van der Waals surface area contributed by atoms with E-state index in [0.717, 1.165) is 38.8 Å². The van der Waals surface area contributed by atoms with Gasteiger partial charge in [0.1, 0.15) is 0 Å². The molecule has 1 unspecified atom stereocenters. The van der Waals surface area contributed by atoms with E-state index in [9.17, 15) is 4.79 Å². The second-order valence-electron chi connectivity index (χ2n) is 5.42. The molecule has 1 amide bonds. The zero-order valence-corrected chi connectivity index (χ0v) is 12.4. The fraction of sp³-hybridized carbons (Fsp3) is 0.929. The number of amides is 1. The summed E-state index contributed by atoms with van der Waals surface area (Å²) in [4.78, 5) is 16.5. The molecule has 0 aliphatic heterocycles. The Labute approximate surface area is 111 Å². The molecule has 0 radical (unpaired) electrons. The van der Waals surface area contributed by atoms with Crippen LogP contribution in [0.1, 0.15) is 46.5 Å². The highest BCUT2D eigenvalue weighted by molar-refractivity contribution is 5.81. The summed E-state index contributed by atoms with van der Waals surface area (Å²) in [5, 5.41) is 0. The molecule has 0 aromatic rings. The second-order valence-corrected chi connectivity index (χ2v) is 5.42. The summed E-state index contributed by atoms with van der Waals surface area (Å²) in [5.41, 5.74) is 5.93. The maximum absolute atomic E-state index is 12.3. The minimum absolute atomic E-state index is 0.0239. The minimum atomic E-state index is -0.0239. The van der Waals surface area contributed by atoms with E-state index >= 15 is 0 Å². The summed E-state index contributed by atoms with van der Waals surface area (Å²) in [6.45, 7) is 7.68. The number of hydrogen-bond donors (Lipinski definition) is 1. The molecule has 106 valence electrons. The Bertz CT molecular complexity index is 258. The number of rotatable bonds is 5. The number of likely N-dealkylation sites (N-methyl/N-ethyl adjacent to an activating group) is 2. The molecular weight excluding hydrogens is 226 g/mol. The second kappa shape index (κ2) is 7.10. The highest BCUT2D eigenvalue weighted by atomic mass is 16.2. The number of hydrogen-bond acceptors (Lipinski definition) is 3. The largest absolute Gasteiger partial charge is 0.342 e. The van der Waals surface area contributed by atoms with Gasteiger partial charge < -0.3 is 10.6 Å². The van der Waals surface area contributed by atoms with Crippen LogP contribution in [0.5, 0.6) is 0 Å². The Balaban J connectivity index is 2.54. The Morgan fingerprint density at radius 2 is 1.72 bits per heavy atom. The van der Waals surface area contributed by atoms with Crippen molar-refractivity contribution in [3.05, 3.63) is 0 Å². The highest BCUT2D eigenvalue weighted by Gasteiger charge is 2.29. The molecule has 2 N–H and O–H groups in total. The van der Waals surface area contributed by atoms with Crippen molar-refractivity contribution in [1.82, 2.24) is 9.80 Å². The first-order chi connectivity index (χ1) is 8.51. The van der Waals surface area contributed by atoms with Gasteiger partial charge in [-0.2, -0.15) is 0 Å². The maximum Gasteiger partial charge on any atom is 0.239 e. The van der Waals surface area contributed by atoms with Crippen LogP contribution < -0.4 is 5.73 Å². The van der Waals surface area contributed by atoms with Crippen molar-refractivity contribution in [2.45, 2.75) is 64.6 Å². The quantitative estimate of drug-likeness (QED) is 0.809. The third kappa shape index (κ3) is 3.69. The molecule has 0 aromatic heterocycles. The van der Waals surface area contributed by atoms with Crippen molar-refractivity contribution in [2.75, 3.05) is 20.1 Å². The average Bonchev–Trinajstić information content (AvgIpc) is 2.39. The molecule has 4 heteroatoms. The average molecular weight is 255 g/mol. The molecule has 0 spiro atoms. The van der Waals surface area contributed by atoms with Crippen LogP contribution in [0, 0.1) is 0 Å². The molecule has 0 heterocycles. The Morgan fingerprint density at radius 3 is 2.17 bits per heavy atom. The van der Waals surface area contributed by atoms with E-state index in [4.69, 9.17) is 5.73 Å². The van der Waals surface area contributed by atoms with Crippen molar-refractivity contribution in [2.24, 2.45) is 5.73 Å². The summed E-state index contributed by atoms with van der Waals surface area (Å²) in [6, 6.07) is 0.854. The summed E-state index contributed by atoms with van der Waals surface area (Å²) in [5.74, 6) is 0.248. The van der Waals surface area contributed by atoms with E-state index in [1.807, 2.05) is 25.7 Å². The van der Waals surface area contributed by atoms with Crippen molar-refractivity contribution >= 4 is 5.91 Å². The van der Waals surface area contributed by atoms with Crippen molar-refractivity contribution in [3.8, 4) is 0 Å². The molecule has 0 aromatic carbocycles. The summed E-state index contributed by atoms with van der Waals surface area (Å²) >= 11 is 0. The SMILES string of the molecule is CCN(CC)C(=O)C(C)N(C)C1CCC(N)CC1. The molecule has 18 heavy (non-hydrogen) atoms. The topological polar surface area (TPSA) is 49.6 Å². The van der Waals surface area contributed by atoms with Gasteiger partial charge >= 0.3 is 0 Å². The number of carbonyl (C=O) groups is 1. The fourth-order valence-electron chi connectivity index (χ4n) is 2.80. The molecule has 1 rings (SSSR count). The van der Waals surface area contributed by atoms with Crippen molar-refractivity contribution in [1.29, 1.82) is 0 Å². The minimum Gasteiger partial charge on any atom is -0.342 e. The van der Waals surface area contributed by atoms with E-state index in [1.165, 1.54) is 0 Å². The van der Waals surface area contributed by atoms with Gasteiger partial charge in [0.15, 0.2) is 0 Å². The van der Waals surface area contributed by atoms with Crippen molar-refractivity contribution in [3.63, 3.8) is 0 Å². The van der Waals surface area contributed by atoms with Crippen LogP contribution >= 0.6 is 0 Å². The third-order valence-corrected chi connectivity index (χ3v) is 4.36. The van der Waals surface area contributed by atoms with Crippen LogP contribution in [0.4, 0.5) is 0 Å². The van der Waals surface area contributed by atoms with E-state index in [-0.39, 0.29) is 11.9 Å². The summed E-state index contributed by atoms with van der Waals surface area (Å²) in [6.07, 6.45) is 4.41. The number of carbonyl (C=O) groups excluding carboxylic acids is 1. The first-order valence-electron chi connectivity index (χ1n) is 7.27. The van der Waals surface area contributed by atoms with E-state index in [1.54, 1.807) is 0 Å². The van der Waals surface area contributed by atoms with Gasteiger partial charge in [-0.1, -0.05) is 0 Å². The molecule has 1 aliphatic rings. The van der Waals surface area contributed by atoms with Gasteiger partial charge in [0, 0.05) is 25.2 Å². The van der Waals surface area contributed by atoms with E-state index in [0.29, 0.717) is 12.1 Å². The molecule has 1 aliphatic carbocycles. The van der Waals surface area contributed by atoms with Crippen LogP contribution in [0.15, 0.2) is 0 Å². The maximum atomic E-state index is 12.3. The lowest BCUT2D eigenvalue weighted by Gasteiger charge is -2.38. The van der Waals surface area contributed by atoms with Crippen molar-refractivity contribution < 1.29 is 4.79 Å². The fourth-order valence-corrected chi connectivity index (χ4v) is 2.80. The normalized spacial score (nSPS) is 26.1. The summed E-state index contributed by atoms with van der Waals surface area (Å²) in [7, 11) is 2.08. The Hall–Kier alpha value is -0.610. The van der Waals surface area contributed by atoms with Crippen LogP contribution in [-0.2, 0) is 4.79 Å². The number of nitrogens with zero attached hydrogens (tertiary/aromatic N) is 2. The Kier molecular flexibility index (Phi) is 6.09. The van der Waals surface area contributed by atoms with Gasteiger partial charge in [0.05, 0.1) is 6.04 Å². The zero-order valence-electron chi connectivity index (χ0n) is 12.4. The molecule has 1 atom stereocenters. The lowest BCUT2D eigenvalue weighted by molar-refractivity contribution is -0.136. The molecular formula is C14H29N3O. The predicted octanol–water partition coefficient (Wildman–Crippen LogP) is 1.45. The van der Waals surface area contributed by atoms with Crippen LogP contribution in [0.2, 0.25) is 0 Å². The number of nitrogens with two attached hydrogens (primary N) is 1. The predicted molar refractivity (Wildman–Crippen MR) is 75.4 cm³/mol. The molecule has 4 nitrogen and oxygen atoms in total. The van der Waals surface area contributed by atoms with Crippen LogP contribution in [0.3, 0.4) is 0 Å². The standard InChI is InChI=1S/C14H29N3O/c1-5-17(6-2)14(18)11(3)16(4)13-9-7-12(15)8-10-13/h11-13H,5-10,15H2,1-4H3. The lowest BCUT2D eigenvalue weighted by atomic mass is 9.90. The third-order valence-electron chi connectivity index (χ3n) is 4.36. The Morgan fingerprint density at radius 1 is 1.22 bits per heavy atom. The van der Waals surface area contributed by atoms with E-state index in [2.05, 4.69) is 11.9 Å². The van der Waals surface area contributed by atoms with Gasteiger partial charge in [-0.15, -0.1) is 0 Å². The smallest absolute Gasteiger partial charge is 0.239 e. The van der Waals surface area contributed by atoms with E-state index < -0.39 is 0 Å². The first-order valence-corrected chi connectivity index (χ1v) is 7.27. The molecule has 0 bridgehead atoms. The van der Waals surface area contributed by atoms with Gasteiger partial charge in [0.25, 0.3) is 0 Å². The van der Waals surface area contributed by atoms with Gasteiger partial charge in [-0.05, 0) is 53.5 Å². The highest BCUT2D eigenvalue weighted by Crippen LogP contribution is 2.23. The summed E-state index contributed by atoms with van der Waals surface area (Å²) < 4.78 is 0. The zero-order chi connectivity index (χ0) is 13.7. The van der Waals surface area contributed by atoms with Gasteiger partial charge in [-0.25, -0.2) is 0 Å². The molecule has 0 saturated heterocycles. The van der Waals surface area contributed by atoms with Gasteiger partial charge in [0.2, 0.25) is 5.91 Å². The van der Waals surface area contributed by atoms with Gasteiger partial charge in [-0.3, -0.25) is 9.69 Å².